The van der Waals surface area contributed by atoms with Crippen LogP contribution in [0, 0.1) is 0 Å². The fraction of sp³-hybridized carbons (Fsp3) is 0.348. The molecule has 7 heteroatoms. The average Bonchev–Trinajstić information content (AvgIpc) is 2.78. The van der Waals surface area contributed by atoms with Crippen molar-refractivity contribution in [2.45, 2.75) is 30.3 Å². The smallest absolute Gasteiger partial charge is 0.262 e. The normalized spacial score (nSPS) is 15.5. The van der Waals surface area contributed by atoms with E-state index in [-0.39, 0.29) is 17.5 Å². The maximum Gasteiger partial charge on any atom is 0.262 e. The molecule has 1 atom stereocenters. The number of morpholine rings is 1. The molecule has 6 nitrogen and oxygen atoms in total. The summed E-state index contributed by atoms with van der Waals surface area (Å²) < 4.78 is 7.10. The second-order valence-corrected chi connectivity index (χ2v) is 8.60. The lowest BCUT2D eigenvalue weighted by Crippen LogP contribution is -2.42. The number of hydrogen-bond acceptors (Lipinski definition) is 5. The number of aromatic nitrogens is 2. The summed E-state index contributed by atoms with van der Waals surface area (Å²) in [6.07, 6.45) is 0. The predicted molar refractivity (Wildman–Crippen MR) is 119 cm³/mol. The van der Waals surface area contributed by atoms with Crippen LogP contribution in [0.15, 0.2) is 64.5 Å². The first-order valence-corrected chi connectivity index (χ1v) is 11.0. The lowest BCUT2D eigenvalue weighted by molar-refractivity contribution is -0.134. The third kappa shape index (κ3) is 4.13. The van der Waals surface area contributed by atoms with Gasteiger partial charge in [-0.1, -0.05) is 54.2 Å². The summed E-state index contributed by atoms with van der Waals surface area (Å²) in [7, 11) is 0. The molecular weight excluding hydrogens is 398 g/mol. The van der Waals surface area contributed by atoms with Gasteiger partial charge in [0.25, 0.3) is 5.56 Å². The highest BCUT2D eigenvalue weighted by molar-refractivity contribution is 8.00. The minimum atomic E-state index is -0.484. The van der Waals surface area contributed by atoms with Crippen LogP contribution in [-0.2, 0) is 9.53 Å². The Bertz CT molecular complexity index is 1090. The highest BCUT2D eigenvalue weighted by Crippen LogP contribution is 2.37. The maximum absolute atomic E-state index is 13.5. The average molecular weight is 424 g/mol. The van der Waals surface area contributed by atoms with Gasteiger partial charge in [0.2, 0.25) is 5.91 Å². The second-order valence-electron chi connectivity index (χ2n) is 7.53. The highest BCUT2D eigenvalue weighted by atomic mass is 32.2. The molecule has 1 aliphatic heterocycles. The van der Waals surface area contributed by atoms with E-state index in [1.165, 1.54) is 11.8 Å². The number of para-hydroxylation sites is 1. The fourth-order valence-electron chi connectivity index (χ4n) is 3.61. The van der Waals surface area contributed by atoms with Crippen LogP contribution in [-0.4, -0.2) is 46.7 Å². The van der Waals surface area contributed by atoms with Crippen molar-refractivity contribution in [2.24, 2.45) is 0 Å². The number of fused-ring (bicyclic) bond motifs is 1. The van der Waals surface area contributed by atoms with Crippen molar-refractivity contribution in [1.82, 2.24) is 14.5 Å². The number of rotatable bonds is 5. The van der Waals surface area contributed by atoms with Crippen LogP contribution in [0.25, 0.3) is 10.9 Å². The molecule has 3 aromatic rings. The molecule has 2 heterocycles. The molecule has 4 rings (SSSR count). The van der Waals surface area contributed by atoms with Gasteiger partial charge in [0.15, 0.2) is 5.16 Å². The van der Waals surface area contributed by atoms with Crippen molar-refractivity contribution in [1.29, 1.82) is 0 Å². The SMILES string of the molecule is CC(C)n1c(S[C@@H](C(=O)N2CCOCC2)c2ccccc2)nc2ccccc2c1=O. The Balaban J connectivity index is 1.79. The highest BCUT2D eigenvalue weighted by Gasteiger charge is 2.30. The zero-order valence-corrected chi connectivity index (χ0v) is 18.0. The first-order valence-electron chi connectivity index (χ1n) is 10.2. The molecule has 0 N–H and O–H groups in total. The quantitative estimate of drug-likeness (QED) is 0.463. The topological polar surface area (TPSA) is 64.4 Å². The molecule has 1 saturated heterocycles. The van der Waals surface area contributed by atoms with Crippen LogP contribution >= 0.6 is 11.8 Å². The van der Waals surface area contributed by atoms with E-state index in [0.717, 1.165) is 5.56 Å². The Hall–Kier alpha value is -2.64. The van der Waals surface area contributed by atoms with Crippen molar-refractivity contribution in [3.05, 3.63) is 70.5 Å². The summed E-state index contributed by atoms with van der Waals surface area (Å²) in [5.74, 6) is 0.0206. The molecule has 0 aliphatic carbocycles. The first kappa shape index (κ1) is 20.6. The number of nitrogens with zero attached hydrogens (tertiary/aromatic N) is 3. The van der Waals surface area contributed by atoms with Gasteiger partial charge in [0.05, 0.1) is 24.1 Å². The Morgan fingerprint density at radius 2 is 1.70 bits per heavy atom. The zero-order valence-electron chi connectivity index (χ0n) is 17.2. The van der Waals surface area contributed by atoms with Gasteiger partial charge in [-0.15, -0.1) is 0 Å². The van der Waals surface area contributed by atoms with E-state index < -0.39 is 5.25 Å². The Kier molecular flexibility index (Phi) is 6.20. The molecule has 0 saturated carbocycles. The van der Waals surface area contributed by atoms with E-state index in [1.54, 1.807) is 10.6 Å². The van der Waals surface area contributed by atoms with Crippen molar-refractivity contribution >= 4 is 28.6 Å². The molecule has 1 fully saturated rings. The van der Waals surface area contributed by atoms with Gasteiger partial charge in [0.1, 0.15) is 5.25 Å². The van der Waals surface area contributed by atoms with Gasteiger partial charge in [-0.25, -0.2) is 4.98 Å². The largest absolute Gasteiger partial charge is 0.378 e. The summed E-state index contributed by atoms with van der Waals surface area (Å²) in [5.41, 5.74) is 1.47. The van der Waals surface area contributed by atoms with E-state index in [4.69, 9.17) is 9.72 Å². The zero-order chi connectivity index (χ0) is 21.1. The van der Waals surface area contributed by atoms with Crippen LogP contribution in [0.1, 0.15) is 30.7 Å². The third-order valence-electron chi connectivity index (χ3n) is 5.16. The Morgan fingerprint density at radius 1 is 1.03 bits per heavy atom. The number of benzene rings is 2. The van der Waals surface area contributed by atoms with Gasteiger partial charge in [0, 0.05) is 19.1 Å². The van der Waals surface area contributed by atoms with Gasteiger partial charge >= 0.3 is 0 Å². The second kappa shape index (κ2) is 9.02. The molecule has 0 bridgehead atoms. The number of amides is 1. The summed E-state index contributed by atoms with van der Waals surface area (Å²) in [6, 6.07) is 17.0. The van der Waals surface area contributed by atoms with E-state index >= 15 is 0 Å². The number of hydrogen-bond donors (Lipinski definition) is 0. The minimum Gasteiger partial charge on any atom is -0.378 e. The minimum absolute atomic E-state index is 0.0206. The third-order valence-corrected chi connectivity index (χ3v) is 6.37. The van der Waals surface area contributed by atoms with Crippen LogP contribution < -0.4 is 5.56 Å². The molecule has 30 heavy (non-hydrogen) atoms. The van der Waals surface area contributed by atoms with E-state index in [9.17, 15) is 9.59 Å². The summed E-state index contributed by atoms with van der Waals surface area (Å²) in [4.78, 5) is 33.3. The Morgan fingerprint density at radius 3 is 2.40 bits per heavy atom. The van der Waals surface area contributed by atoms with Gasteiger partial charge < -0.3 is 9.64 Å². The monoisotopic (exact) mass is 423 g/mol. The number of thioether (sulfide) groups is 1. The van der Waals surface area contributed by atoms with Gasteiger partial charge in [-0.05, 0) is 31.5 Å². The van der Waals surface area contributed by atoms with Crippen LogP contribution in [0.4, 0.5) is 0 Å². The number of ether oxygens (including phenoxy) is 1. The predicted octanol–water partition coefficient (Wildman–Crippen LogP) is 3.67. The standard InChI is InChI=1S/C23H25N3O3S/c1-16(2)26-21(27)18-10-6-7-11-19(18)24-23(26)30-20(17-8-4-3-5-9-17)22(28)25-12-14-29-15-13-25/h3-11,16,20H,12-15H2,1-2H3/t20-/m1/s1. The van der Waals surface area contributed by atoms with Crippen molar-refractivity contribution in [3.63, 3.8) is 0 Å². The van der Waals surface area contributed by atoms with Crippen LogP contribution in [0.5, 0.6) is 0 Å². The molecular formula is C23H25N3O3S. The van der Waals surface area contributed by atoms with Crippen molar-refractivity contribution in [3.8, 4) is 0 Å². The summed E-state index contributed by atoms with van der Waals surface area (Å²) in [6.45, 7) is 6.16. The Labute approximate surface area is 179 Å². The molecule has 0 unspecified atom stereocenters. The number of carbonyl (C=O) groups is 1. The molecule has 1 amide bonds. The van der Waals surface area contributed by atoms with Gasteiger partial charge in [-0.2, -0.15) is 0 Å². The molecule has 1 aromatic heterocycles. The van der Waals surface area contributed by atoms with Crippen LogP contribution in [0.3, 0.4) is 0 Å². The summed E-state index contributed by atoms with van der Waals surface area (Å²) in [5, 5.41) is 0.665. The van der Waals surface area contributed by atoms with Gasteiger partial charge in [-0.3, -0.25) is 14.2 Å². The lowest BCUT2D eigenvalue weighted by atomic mass is 10.1. The first-order chi connectivity index (χ1) is 14.6. The van der Waals surface area contributed by atoms with Crippen LogP contribution in [0.2, 0.25) is 0 Å². The lowest BCUT2D eigenvalue weighted by Gasteiger charge is -2.30. The molecule has 1 aliphatic rings. The van der Waals surface area contributed by atoms with E-state index in [0.29, 0.717) is 42.4 Å². The molecule has 0 radical (unpaired) electrons. The van der Waals surface area contributed by atoms with E-state index in [1.807, 2.05) is 67.3 Å². The summed E-state index contributed by atoms with van der Waals surface area (Å²) >= 11 is 1.35. The van der Waals surface area contributed by atoms with Crippen molar-refractivity contribution in [2.75, 3.05) is 26.3 Å². The number of carbonyl (C=O) groups excluding carboxylic acids is 1. The fourth-order valence-corrected chi connectivity index (χ4v) is 4.92. The van der Waals surface area contributed by atoms with E-state index in [2.05, 4.69) is 0 Å². The molecule has 156 valence electrons. The molecule has 2 aromatic carbocycles. The van der Waals surface area contributed by atoms with Crippen molar-refractivity contribution < 1.29 is 9.53 Å². The molecule has 0 spiro atoms. The maximum atomic E-state index is 13.5.